The van der Waals surface area contributed by atoms with E-state index in [-0.39, 0.29) is 33.8 Å². The third-order valence-corrected chi connectivity index (χ3v) is 4.91. The number of nitrogens with zero attached hydrogens (tertiary/aromatic N) is 1. The van der Waals surface area contributed by atoms with Gasteiger partial charge in [0.15, 0.2) is 5.75 Å². The van der Waals surface area contributed by atoms with Crippen LogP contribution in [0.5, 0.6) is 5.75 Å². The van der Waals surface area contributed by atoms with Crippen LogP contribution in [0.3, 0.4) is 0 Å². The molecule has 1 N–H and O–H groups in total. The second-order valence-corrected chi connectivity index (χ2v) is 7.61. The Balaban J connectivity index is 1.76. The van der Waals surface area contributed by atoms with E-state index in [4.69, 9.17) is 39.5 Å². The molecule has 8 heteroatoms. The number of benzene rings is 3. The summed E-state index contributed by atoms with van der Waals surface area (Å²) in [5.41, 5.74) is 1.55. The molecule has 0 spiro atoms. The highest BCUT2D eigenvalue weighted by Gasteiger charge is 2.13. The molecule has 0 aliphatic heterocycles. The van der Waals surface area contributed by atoms with Gasteiger partial charge in [0.1, 0.15) is 24.1 Å². The molecule has 31 heavy (non-hydrogen) atoms. The number of ether oxygens (including phenoxy) is 1. The first-order valence-electron chi connectivity index (χ1n) is 8.90. The van der Waals surface area contributed by atoms with Crippen molar-refractivity contribution in [3.63, 3.8) is 0 Å². The lowest BCUT2D eigenvalue weighted by molar-refractivity contribution is -0.112. The van der Waals surface area contributed by atoms with Gasteiger partial charge < -0.3 is 10.1 Å². The molecule has 3 aromatic rings. The van der Waals surface area contributed by atoms with Crippen LogP contribution in [0.25, 0.3) is 6.08 Å². The number of halogens is 4. The number of amides is 1. The highest BCUT2D eigenvalue weighted by atomic mass is 35.5. The van der Waals surface area contributed by atoms with E-state index in [0.29, 0.717) is 16.3 Å². The number of nitrogens with one attached hydrogen (secondary N) is 1. The van der Waals surface area contributed by atoms with E-state index in [9.17, 15) is 14.4 Å². The fourth-order valence-electron chi connectivity index (χ4n) is 2.58. The maximum absolute atomic E-state index is 13.0. The summed E-state index contributed by atoms with van der Waals surface area (Å²) in [5, 5.41) is 12.9. The fraction of sp³-hybridized carbons (Fsp3) is 0.0435. The fourth-order valence-corrected chi connectivity index (χ4v) is 3.32. The molecule has 0 aromatic heterocycles. The van der Waals surface area contributed by atoms with E-state index in [1.165, 1.54) is 30.3 Å². The summed E-state index contributed by atoms with van der Waals surface area (Å²) in [6, 6.07) is 17.2. The van der Waals surface area contributed by atoms with E-state index in [1.807, 2.05) is 6.07 Å². The Labute approximate surface area is 193 Å². The molecule has 0 radical (unpaired) electrons. The number of hydrogen-bond acceptors (Lipinski definition) is 3. The molecule has 0 aliphatic rings. The van der Waals surface area contributed by atoms with E-state index < -0.39 is 5.91 Å². The quantitative estimate of drug-likeness (QED) is 0.311. The Morgan fingerprint density at radius 2 is 1.65 bits per heavy atom. The first kappa shape index (κ1) is 22.6. The van der Waals surface area contributed by atoms with Crippen molar-refractivity contribution >= 4 is 52.5 Å². The van der Waals surface area contributed by atoms with Crippen LogP contribution in [0.1, 0.15) is 11.1 Å². The molecule has 0 saturated heterocycles. The largest absolute Gasteiger partial charge is 0.486 e. The van der Waals surface area contributed by atoms with Gasteiger partial charge in [-0.3, -0.25) is 4.79 Å². The first-order chi connectivity index (χ1) is 14.9. The van der Waals surface area contributed by atoms with E-state index >= 15 is 0 Å². The highest BCUT2D eigenvalue weighted by Crippen LogP contribution is 2.35. The van der Waals surface area contributed by atoms with Crippen molar-refractivity contribution in [1.82, 2.24) is 0 Å². The topological polar surface area (TPSA) is 62.1 Å². The predicted molar refractivity (Wildman–Crippen MR) is 121 cm³/mol. The molecule has 156 valence electrons. The van der Waals surface area contributed by atoms with Crippen LogP contribution in [-0.2, 0) is 11.4 Å². The molecule has 0 aliphatic carbocycles. The lowest BCUT2D eigenvalue weighted by Crippen LogP contribution is -2.13. The Bertz CT molecular complexity index is 1150. The molecule has 4 nitrogen and oxygen atoms in total. The maximum Gasteiger partial charge on any atom is 0.266 e. The summed E-state index contributed by atoms with van der Waals surface area (Å²) in [6.07, 6.45) is 1.37. The van der Waals surface area contributed by atoms with Crippen molar-refractivity contribution in [3.8, 4) is 11.8 Å². The van der Waals surface area contributed by atoms with Gasteiger partial charge in [-0.25, -0.2) is 4.39 Å². The number of anilines is 1. The van der Waals surface area contributed by atoms with Crippen molar-refractivity contribution in [3.05, 3.63) is 98.2 Å². The zero-order valence-electron chi connectivity index (χ0n) is 15.8. The van der Waals surface area contributed by atoms with Gasteiger partial charge >= 0.3 is 0 Å². The van der Waals surface area contributed by atoms with Crippen LogP contribution < -0.4 is 10.1 Å². The zero-order chi connectivity index (χ0) is 22.4. The minimum atomic E-state index is -0.589. The van der Waals surface area contributed by atoms with Gasteiger partial charge in [-0.05, 0) is 65.7 Å². The standard InChI is InChI=1S/C23H14Cl3FN2O2/c24-17-3-7-19(8-4-17)29-23(30)16(12-28)9-15-10-20(25)22(21(26)11-15)31-13-14-1-5-18(27)6-2-14/h1-11H,13H2,(H,29,30)/b16-9-. The van der Waals surface area contributed by atoms with Crippen LogP contribution in [0, 0.1) is 17.1 Å². The van der Waals surface area contributed by atoms with Crippen LogP contribution in [0.15, 0.2) is 66.2 Å². The van der Waals surface area contributed by atoms with Crippen LogP contribution >= 0.6 is 34.8 Å². The van der Waals surface area contributed by atoms with E-state index in [1.54, 1.807) is 36.4 Å². The van der Waals surface area contributed by atoms with Crippen LogP contribution in [-0.4, -0.2) is 5.91 Å². The summed E-state index contributed by atoms with van der Waals surface area (Å²) in [6.45, 7) is 0.141. The molecule has 0 unspecified atom stereocenters. The molecular formula is C23H14Cl3FN2O2. The Hall–Kier alpha value is -3.04. The smallest absolute Gasteiger partial charge is 0.266 e. The minimum Gasteiger partial charge on any atom is -0.486 e. The highest BCUT2D eigenvalue weighted by molar-refractivity contribution is 6.37. The molecule has 3 rings (SSSR count). The summed E-state index contributed by atoms with van der Waals surface area (Å²) in [7, 11) is 0. The summed E-state index contributed by atoms with van der Waals surface area (Å²) >= 11 is 18.4. The van der Waals surface area contributed by atoms with Crippen molar-refractivity contribution in [1.29, 1.82) is 5.26 Å². The molecule has 0 heterocycles. The summed E-state index contributed by atoms with van der Waals surface area (Å²) < 4.78 is 18.7. The van der Waals surface area contributed by atoms with E-state index in [0.717, 1.165) is 5.56 Å². The zero-order valence-corrected chi connectivity index (χ0v) is 18.1. The maximum atomic E-state index is 13.0. The molecular weight excluding hydrogens is 462 g/mol. The molecule has 0 saturated carbocycles. The monoisotopic (exact) mass is 474 g/mol. The van der Waals surface area contributed by atoms with Crippen molar-refractivity contribution in [2.75, 3.05) is 5.32 Å². The average Bonchev–Trinajstić information content (AvgIpc) is 2.74. The number of rotatable bonds is 6. The predicted octanol–water partition coefficient (Wildman–Crippen LogP) is 6.91. The normalized spacial score (nSPS) is 11.0. The Morgan fingerprint density at radius 1 is 1.03 bits per heavy atom. The second kappa shape index (κ2) is 10.3. The van der Waals surface area contributed by atoms with Crippen LogP contribution in [0.4, 0.5) is 10.1 Å². The van der Waals surface area contributed by atoms with Gasteiger partial charge in [-0.1, -0.05) is 46.9 Å². The Morgan fingerprint density at radius 3 is 2.23 bits per heavy atom. The lowest BCUT2D eigenvalue weighted by atomic mass is 10.1. The third-order valence-electron chi connectivity index (χ3n) is 4.10. The number of nitriles is 1. The van der Waals surface area contributed by atoms with Crippen molar-refractivity contribution in [2.24, 2.45) is 0 Å². The Kier molecular flexibility index (Phi) is 7.54. The molecule has 3 aromatic carbocycles. The second-order valence-electron chi connectivity index (χ2n) is 6.36. The molecule has 1 amide bonds. The SMILES string of the molecule is N#C/C(=C/c1cc(Cl)c(OCc2ccc(F)cc2)c(Cl)c1)C(=O)Nc1ccc(Cl)cc1. The number of carbonyl (C=O) groups is 1. The van der Waals surface area contributed by atoms with Crippen molar-refractivity contribution < 1.29 is 13.9 Å². The number of hydrogen-bond donors (Lipinski definition) is 1. The lowest BCUT2D eigenvalue weighted by Gasteiger charge is -2.11. The van der Waals surface area contributed by atoms with Gasteiger partial charge in [-0.2, -0.15) is 5.26 Å². The van der Waals surface area contributed by atoms with Gasteiger partial charge in [-0.15, -0.1) is 0 Å². The number of carbonyl (C=O) groups excluding carboxylic acids is 1. The van der Waals surface area contributed by atoms with Crippen LogP contribution in [0.2, 0.25) is 15.1 Å². The third kappa shape index (κ3) is 6.22. The first-order valence-corrected chi connectivity index (χ1v) is 10.0. The molecule has 0 bridgehead atoms. The average molecular weight is 476 g/mol. The van der Waals surface area contributed by atoms with Crippen molar-refractivity contribution in [2.45, 2.75) is 6.61 Å². The van der Waals surface area contributed by atoms with Gasteiger partial charge in [0.25, 0.3) is 5.91 Å². The van der Waals surface area contributed by atoms with Gasteiger partial charge in [0.05, 0.1) is 10.0 Å². The van der Waals surface area contributed by atoms with Gasteiger partial charge in [0, 0.05) is 10.7 Å². The molecule has 0 atom stereocenters. The van der Waals surface area contributed by atoms with E-state index in [2.05, 4.69) is 5.32 Å². The molecule has 0 fully saturated rings. The summed E-state index contributed by atoms with van der Waals surface area (Å²) in [5.74, 6) is -0.688. The minimum absolute atomic E-state index is 0.137. The summed E-state index contributed by atoms with van der Waals surface area (Å²) in [4.78, 5) is 12.4. The van der Waals surface area contributed by atoms with Gasteiger partial charge in [0.2, 0.25) is 0 Å².